The number of hydrogen-bond acceptors (Lipinski definition) is 3. The first-order chi connectivity index (χ1) is 8.66. The molecule has 4 heteroatoms. The third kappa shape index (κ3) is 3.70. The summed E-state index contributed by atoms with van der Waals surface area (Å²) in [7, 11) is 2.18. The standard InChI is InChI=1S/C14H22BrN3/c1-12-11-13(15)3-4-14(12)17(2)9-10-18-7-5-16-6-8-18/h3-4,11,16H,5-10H2,1-2H3. The number of nitrogens with one attached hydrogen (secondary N) is 1. The van der Waals surface area contributed by atoms with Crippen LogP contribution in [0.2, 0.25) is 0 Å². The molecule has 3 nitrogen and oxygen atoms in total. The van der Waals surface area contributed by atoms with E-state index in [9.17, 15) is 0 Å². The lowest BCUT2D eigenvalue weighted by molar-refractivity contribution is 0.246. The molecule has 0 amide bonds. The van der Waals surface area contributed by atoms with Gasteiger partial charge in [0.05, 0.1) is 0 Å². The van der Waals surface area contributed by atoms with Crippen molar-refractivity contribution in [2.75, 3.05) is 51.2 Å². The van der Waals surface area contributed by atoms with Gasteiger partial charge in [-0.25, -0.2) is 0 Å². The van der Waals surface area contributed by atoms with Crippen molar-refractivity contribution in [1.82, 2.24) is 10.2 Å². The highest BCUT2D eigenvalue weighted by Gasteiger charge is 2.11. The third-order valence-electron chi connectivity index (χ3n) is 3.53. The van der Waals surface area contributed by atoms with Gasteiger partial charge in [-0.15, -0.1) is 0 Å². The second-order valence-corrected chi connectivity index (χ2v) is 5.86. The maximum Gasteiger partial charge on any atom is 0.0394 e. The minimum Gasteiger partial charge on any atom is -0.373 e. The van der Waals surface area contributed by atoms with Gasteiger partial charge in [-0.1, -0.05) is 15.9 Å². The van der Waals surface area contributed by atoms with Crippen LogP contribution in [-0.2, 0) is 0 Å². The topological polar surface area (TPSA) is 18.5 Å². The van der Waals surface area contributed by atoms with Gasteiger partial charge in [0.1, 0.15) is 0 Å². The summed E-state index contributed by atoms with van der Waals surface area (Å²) in [5, 5.41) is 3.39. The van der Waals surface area contributed by atoms with Crippen LogP contribution in [-0.4, -0.2) is 51.2 Å². The first-order valence-electron chi connectivity index (χ1n) is 6.57. The molecule has 0 spiro atoms. The molecule has 0 aromatic heterocycles. The van der Waals surface area contributed by atoms with Gasteiger partial charge >= 0.3 is 0 Å². The molecule has 0 bridgehead atoms. The van der Waals surface area contributed by atoms with Gasteiger partial charge in [0.15, 0.2) is 0 Å². The summed E-state index contributed by atoms with van der Waals surface area (Å²) in [5.74, 6) is 0. The molecule has 1 aliphatic rings. The number of anilines is 1. The Hall–Kier alpha value is -0.580. The lowest BCUT2D eigenvalue weighted by Gasteiger charge is -2.30. The molecule has 0 radical (unpaired) electrons. The normalized spacial score (nSPS) is 16.8. The third-order valence-corrected chi connectivity index (χ3v) is 4.02. The molecule has 0 unspecified atom stereocenters. The molecule has 1 heterocycles. The summed E-state index contributed by atoms with van der Waals surface area (Å²) in [6.45, 7) is 9.00. The van der Waals surface area contributed by atoms with E-state index >= 15 is 0 Å². The first-order valence-corrected chi connectivity index (χ1v) is 7.36. The van der Waals surface area contributed by atoms with Gasteiger partial charge < -0.3 is 10.2 Å². The Morgan fingerprint density at radius 3 is 2.72 bits per heavy atom. The smallest absolute Gasteiger partial charge is 0.0394 e. The van der Waals surface area contributed by atoms with E-state index in [1.54, 1.807) is 0 Å². The zero-order chi connectivity index (χ0) is 13.0. The van der Waals surface area contributed by atoms with Crippen LogP contribution in [0.3, 0.4) is 0 Å². The minimum atomic E-state index is 1.09. The Balaban J connectivity index is 1.88. The fraction of sp³-hybridized carbons (Fsp3) is 0.571. The maximum absolute atomic E-state index is 3.51. The number of piperazine rings is 1. The van der Waals surface area contributed by atoms with Crippen molar-refractivity contribution in [3.8, 4) is 0 Å². The van der Waals surface area contributed by atoms with E-state index in [1.165, 1.54) is 24.3 Å². The van der Waals surface area contributed by atoms with Gasteiger partial charge in [0.2, 0.25) is 0 Å². The summed E-state index contributed by atoms with van der Waals surface area (Å²) in [5.41, 5.74) is 2.65. The summed E-state index contributed by atoms with van der Waals surface area (Å²) >= 11 is 3.51. The quantitative estimate of drug-likeness (QED) is 0.918. The molecule has 1 saturated heterocycles. The number of aryl methyl sites for hydroxylation is 1. The van der Waals surface area contributed by atoms with Gasteiger partial charge in [0, 0.05) is 56.5 Å². The van der Waals surface area contributed by atoms with Crippen LogP contribution in [0.15, 0.2) is 22.7 Å². The van der Waals surface area contributed by atoms with E-state index in [0.717, 1.165) is 30.7 Å². The lowest BCUT2D eigenvalue weighted by atomic mass is 10.2. The molecule has 18 heavy (non-hydrogen) atoms. The molecular weight excluding hydrogens is 290 g/mol. The van der Waals surface area contributed by atoms with Crippen LogP contribution < -0.4 is 10.2 Å². The van der Waals surface area contributed by atoms with Crippen molar-refractivity contribution in [1.29, 1.82) is 0 Å². The van der Waals surface area contributed by atoms with Crippen LogP contribution in [0.1, 0.15) is 5.56 Å². The summed E-state index contributed by atoms with van der Waals surface area (Å²) in [4.78, 5) is 4.88. The minimum absolute atomic E-state index is 1.09. The van der Waals surface area contributed by atoms with Crippen molar-refractivity contribution >= 4 is 21.6 Å². The summed E-state index contributed by atoms with van der Waals surface area (Å²) in [6, 6.07) is 6.48. The highest BCUT2D eigenvalue weighted by molar-refractivity contribution is 9.10. The molecule has 0 saturated carbocycles. The fourth-order valence-corrected chi connectivity index (χ4v) is 2.87. The second kappa shape index (κ2) is 6.55. The Bertz CT molecular complexity index is 389. The van der Waals surface area contributed by atoms with Crippen LogP contribution in [0.4, 0.5) is 5.69 Å². The van der Waals surface area contributed by atoms with E-state index in [2.05, 4.69) is 63.2 Å². The number of nitrogens with zero attached hydrogens (tertiary/aromatic N) is 2. The van der Waals surface area contributed by atoms with Gasteiger partial charge in [-0.05, 0) is 30.7 Å². The summed E-state index contributed by atoms with van der Waals surface area (Å²) < 4.78 is 1.15. The highest BCUT2D eigenvalue weighted by Crippen LogP contribution is 2.22. The molecule has 0 atom stereocenters. The van der Waals surface area contributed by atoms with E-state index in [1.807, 2.05) is 0 Å². The van der Waals surface area contributed by atoms with E-state index in [-0.39, 0.29) is 0 Å². The predicted molar refractivity (Wildman–Crippen MR) is 81.5 cm³/mol. The zero-order valence-corrected chi connectivity index (χ0v) is 12.8. The van der Waals surface area contributed by atoms with Crippen molar-refractivity contribution in [3.63, 3.8) is 0 Å². The molecule has 1 aromatic carbocycles. The number of rotatable bonds is 4. The largest absolute Gasteiger partial charge is 0.373 e. The molecule has 100 valence electrons. The van der Waals surface area contributed by atoms with E-state index in [0.29, 0.717) is 0 Å². The molecule has 0 aliphatic carbocycles. The SMILES string of the molecule is Cc1cc(Br)ccc1N(C)CCN1CCNCC1. The van der Waals surface area contributed by atoms with Crippen molar-refractivity contribution < 1.29 is 0 Å². The maximum atomic E-state index is 3.51. The molecule has 1 aliphatic heterocycles. The molecule has 1 aromatic rings. The number of halogens is 1. The Morgan fingerprint density at radius 2 is 2.06 bits per heavy atom. The van der Waals surface area contributed by atoms with Gasteiger partial charge in [-0.3, -0.25) is 4.90 Å². The van der Waals surface area contributed by atoms with Crippen LogP contribution in [0.5, 0.6) is 0 Å². The Morgan fingerprint density at radius 1 is 1.33 bits per heavy atom. The van der Waals surface area contributed by atoms with Crippen LogP contribution >= 0.6 is 15.9 Å². The Kier molecular flexibility index (Phi) is 5.03. The zero-order valence-electron chi connectivity index (χ0n) is 11.2. The fourth-order valence-electron chi connectivity index (χ4n) is 2.39. The molecular formula is C14H22BrN3. The average molecular weight is 312 g/mol. The number of benzene rings is 1. The molecule has 1 N–H and O–H groups in total. The molecule has 2 rings (SSSR count). The van der Waals surface area contributed by atoms with Crippen molar-refractivity contribution in [2.24, 2.45) is 0 Å². The van der Waals surface area contributed by atoms with Gasteiger partial charge in [0.25, 0.3) is 0 Å². The average Bonchev–Trinajstić information content (AvgIpc) is 2.37. The lowest BCUT2D eigenvalue weighted by Crippen LogP contribution is -2.46. The van der Waals surface area contributed by atoms with Crippen molar-refractivity contribution in [3.05, 3.63) is 28.2 Å². The Labute approximate surface area is 118 Å². The van der Waals surface area contributed by atoms with E-state index < -0.39 is 0 Å². The molecule has 1 fully saturated rings. The van der Waals surface area contributed by atoms with Crippen molar-refractivity contribution in [2.45, 2.75) is 6.92 Å². The number of likely N-dealkylation sites (N-methyl/N-ethyl adjacent to an activating group) is 1. The van der Waals surface area contributed by atoms with Crippen LogP contribution in [0, 0.1) is 6.92 Å². The van der Waals surface area contributed by atoms with Crippen LogP contribution in [0.25, 0.3) is 0 Å². The highest BCUT2D eigenvalue weighted by atomic mass is 79.9. The first kappa shape index (κ1) is 13.8. The predicted octanol–water partition coefficient (Wildman–Crippen LogP) is 2.10. The number of hydrogen-bond donors (Lipinski definition) is 1. The monoisotopic (exact) mass is 311 g/mol. The van der Waals surface area contributed by atoms with E-state index in [4.69, 9.17) is 0 Å². The second-order valence-electron chi connectivity index (χ2n) is 4.94. The summed E-state index contributed by atoms with van der Waals surface area (Å²) in [6.07, 6.45) is 0. The van der Waals surface area contributed by atoms with Gasteiger partial charge in [-0.2, -0.15) is 0 Å².